The number of nitrogens with two attached hydrogens (primary N) is 1. The third-order valence-corrected chi connectivity index (χ3v) is 6.05. The number of aromatic nitrogens is 1. The highest BCUT2D eigenvalue weighted by Gasteiger charge is 2.27. The maximum atomic E-state index is 12.5. The van der Waals surface area contributed by atoms with Gasteiger partial charge in [-0.1, -0.05) is 6.92 Å². The van der Waals surface area contributed by atoms with Gasteiger partial charge in [0.15, 0.2) is 0 Å². The zero-order chi connectivity index (χ0) is 20.6. The third kappa shape index (κ3) is 3.68. The molecular formula is C18H20N4O5S. The number of carbonyl (C=O) groups excluding carboxylic acids is 2. The average molecular weight is 404 g/mol. The second kappa shape index (κ2) is 7.55. The Kier molecular flexibility index (Phi) is 5.32. The van der Waals surface area contributed by atoms with Crippen LogP contribution in [0, 0.1) is 23.0 Å². The van der Waals surface area contributed by atoms with E-state index in [0.717, 1.165) is 40.3 Å². The first-order chi connectivity index (χ1) is 13.2. The number of aryl methyl sites for hydroxylation is 1. The van der Waals surface area contributed by atoms with Crippen LogP contribution < -0.4 is 16.6 Å². The number of thiophene rings is 1. The molecule has 1 aliphatic rings. The molecular weight excluding hydrogens is 384 g/mol. The van der Waals surface area contributed by atoms with Crippen molar-refractivity contribution in [1.82, 2.24) is 4.57 Å². The molecule has 0 saturated heterocycles. The Labute approximate surface area is 164 Å². The molecule has 0 spiro atoms. The molecule has 2 amide bonds. The van der Waals surface area contributed by atoms with E-state index < -0.39 is 34.5 Å². The quantitative estimate of drug-likeness (QED) is 0.580. The van der Waals surface area contributed by atoms with Gasteiger partial charge in [0.1, 0.15) is 11.5 Å². The van der Waals surface area contributed by atoms with E-state index in [4.69, 9.17) is 5.73 Å². The lowest BCUT2D eigenvalue weighted by atomic mass is 9.88. The summed E-state index contributed by atoms with van der Waals surface area (Å²) < 4.78 is 1.03. The number of pyridine rings is 1. The van der Waals surface area contributed by atoms with E-state index in [0.29, 0.717) is 22.2 Å². The Morgan fingerprint density at radius 3 is 2.79 bits per heavy atom. The van der Waals surface area contributed by atoms with E-state index in [-0.39, 0.29) is 0 Å². The molecule has 2 aromatic rings. The molecule has 2 aromatic heterocycles. The molecule has 0 saturated carbocycles. The Morgan fingerprint density at radius 2 is 2.14 bits per heavy atom. The summed E-state index contributed by atoms with van der Waals surface area (Å²) in [4.78, 5) is 48.0. The molecule has 2 heterocycles. The second-order valence-corrected chi connectivity index (χ2v) is 8.08. The van der Waals surface area contributed by atoms with Gasteiger partial charge in [-0.25, -0.2) is 0 Å². The lowest BCUT2D eigenvalue weighted by Crippen LogP contribution is -2.30. The van der Waals surface area contributed by atoms with Gasteiger partial charge < -0.3 is 11.1 Å². The SMILES string of the molecule is Cc1ccc([N+](=O)[O-])c(=O)n1CC(=O)Nc1sc2c(c1C(N)=O)CCC(C)C2. The molecule has 1 unspecified atom stereocenters. The minimum atomic E-state index is -0.852. The van der Waals surface area contributed by atoms with E-state index in [1.165, 1.54) is 17.4 Å². The van der Waals surface area contributed by atoms with Crippen molar-refractivity contribution < 1.29 is 14.5 Å². The van der Waals surface area contributed by atoms with Crippen LogP contribution in [0.5, 0.6) is 0 Å². The van der Waals surface area contributed by atoms with Gasteiger partial charge in [0, 0.05) is 16.6 Å². The van der Waals surface area contributed by atoms with Crippen LogP contribution in [0.15, 0.2) is 16.9 Å². The first-order valence-corrected chi connectivity index (χ1v) is 9.59. The molecule has 0 aliphatic heterocycles. The summed E-state index contributed by atoms with van der Waals surface area (Å²) in [6, 6.07) is 2.53. The molecule has 0 bridgehead atoms. The van der Waals surface area contributed by atoms with Crippen molar-refractivity contribution in [3.63, 3.8) is 0 Å². The molecule has 148 valence electrons. The van der Waals surface area contributed by atoms with Gasteiger partial charge in [0.2, 0.25) is 5.91 Å². The van der Waals surface area contributed by atoms with E-state index >= 15 is 0 Å². The summed E-state index contributed by atoms with van der Waals surface area (Å²) in [7, 11) is 0. The Balaban J connectivity index is 1.89. The predicted octanol–water partition coefficient (Wildman–Crippen LogP) is 1.99. The summed E-state index contributed by atoms with van der Waals surface area (Å²) >= 11 is 1.32. The molecule has 0 radical (unpaired) electrons. The van der Waals surface area contributed by atoms with E-state index in [1.54, 1.807) is 6.92 Å². The maximum Gasteiger partial charge on any atom is 0.334 e. The molecule has 10 heteroatoms. The van der Waals surface area contributed by atoms with Crippen molar-refractivity contribution >= 4 is 33.8 Å². The van der Waals surface area contributed by atoms with Gasteiger partial charge in [0.05, 0.1) is 10.5 Å². The standard InChI is InChI=1S/C18H20N4O5S/c1-9-3-5-11-13(7-9)28-17(15(11)16(19)24)20-14(23)8-21-10(2)4-6-12(18(21)25)22(26)27/h4,6,9H,3,5,7-8H2,1-2H3,(H2,19,24)(H,20,23). The number of carbonyl (C=O) groups is 2. The van der Waals surface area contributed by atoms with E-state index in [1.807, 2.05) is 0 Å². The number of fused-ring (bicyclic) bond motifs is 1. The average Bonchev–Trinajstić information content (AvgIpc) is 2.95. The van der Waals surface area contributed by atoms with Gasteiger partial charge in [-0.15, -0.1) is 11.3 Å². The van der Waals surface area contributed by atoms with Gasteiger partial charge in [-0.05, 0) is 43.7 Å². The first-order valence-electron chi connectivity index (χ1n) is 8.78. The number of hydrogen-bond acceptors (Lipinski definition) is 6. The van der Waals surface area contributed by atoms with Gasteiger partial charge in [-0.2, -0.15) is 0 Å². The van der Waals surface area contributed by atoms with Crippen molar-refractivity contribution in [2.75, 3.05) is 5.32 Å². The van der Waals surface area contributed by atoms with E-state index in [2.05, 4.69) is 12.2 Å². The summed E-state index contributed by atoms with van der Waals surface area (Å²) in [5, 5.41) is 14.0. The highest BCUT2D eigenvalue weighted by Crippen LogP contribution is 2.39. The largest absolute Gasteiger partial charge is 0.365 e. The van der Waals surface area contributed by atoms with Crippen LogP contribution in [0.3, 0.4) is 0 Å². The Hall–Kier alpha value is -3.01. The number of rotatable bonds is 5. The number of hydrogen-bond donors (Lipinski definition) is 2. The lowest BCUT2D eigenvalue weighted by molar-refractivity contribution is -0.386. The van der Waals surface area contributed by atoms with Crippen LogP contribution in [-0.2, 0) is 24.2 Å². The monoisotopic (exact) mass is 404 g/mol. The molecule has 3 rings (SSSR count). The molecule has 1 aliphatic carbocycles. The molecule has 3 N–H and O–H groups in total. The first kappa shape index (κ1) is 19.7. The highest BCUT2D eigenvalue weighted by molar-refractivity contribution is 7.17. The maximum absolute atomic E-state index is 12.5. The fourth-order valence-electron chi connectivity index (χ4n) is 3.40. The van der Waals surface area contributed by atoms with Crippen LogP contribution in [0.25, 0.3) is 0 Å². The number of nitrogens with zero attached hydrogens (tertiary/aromatic N) is 2. The number of anilines is 1. The van der Waals surface area contributed by atoms with Crippen LogP contribution in [0.1, 0.15) is 39.8 Å². The van der Waals surface area contributed by atoms with Gasteiger partial charge in [-0.3, -0.25) is 29.1 Å². The molecule has 9 nitrogen and oxygen atoms in total. The van der Waals surface area contributed by atoms with Crippen molar-refractivity contribution in [3.05, 3.63) is 54.3 Å². The van der Waals surface area contributed by atoms with Gasteiger partial charge >= 0.3 is 11.2 Å². The number of primary amides is 1. The zero-order valence-corrected chi connectivity index (χ0v) is 16.3. The summed E-state index contributed by atoms with van der Waals surface area (Å²) in [6.45, 7) is 3.31. The minimum Gasteiger partial charge on any atom is -0.365 e. The Bertz CT molecular complexity index is 1040. The number of nitrogens with one attached hydrogen (secondary N) is 1. The number of amides is 2. The predicted molar refractivity (Wildman–Crippen MR) is 105 cm³/mol. The second-order valence-electron chi connectivity index (χ2n) is 6.98. The molecule has 28 heavy (non-hydrogen) atoms. The van der Waals surface area contributed by atoms with Crippen LogP contribution in [-0.4, -0.2) is 21.3 Å². The summed E-state index contributed by atoms with van der Waals surface area (Å²) in [5.41, 5.74) is 5.70. The van der Waals surface area contributed by atoms with Crippen LogP contribution in [0.2, 0.25) is 0 Å². The lowest BCUT2D eigenvalue weighted by Gasteiger charge is -2.18. The van der Waals surface area contributed by atoms with Crippen molar-refractivity contribution in [1.29, 1.82) is 0 Å². The summed E-state index contributed by atoms with van der Waals surface area (Å²) in [6.07, 6.45) is 2.49. The zero-order valence-electron chi connectivity index (χ0n) is 15.5. The minimum absolute atomic E-state index is 0.323. The number of nitro groups is 1. The van der Waals surface area contributed by atoms with Gasteiger partial charge in [0.25, 0.3) is 5.91 Å². The van der Waals surface area contributed by atoms with Crippen molar-refractivity contribution in [2.24, 2.45) is 11.7 Å². The smallest absolute Gasteiger partial charge is 0.334 e. The fraction of sp³-hybridized carbons (Fsp3) is 0.389. The van der Waals surface area contributed by atoms with Crippen LogP contribution >= 0.6 is 11.3 Å². The molecule has 1 atom stereocenters. The topological polar surface area (TPSA) is 137 Å². The molecule has 0 aromatic carbocycles. The van der Waals surface area contributed by atoms with Crippen molar-refractivity contribution in [2.45, 2.75) is 39.7 Å². The highest BCUT2D eigenvalue weighted by atomic mass is 32.1. The third-order valence-electron chi connectivity index (χ3n) is 4.88. The fourth-order valence-corrected chi connectivity index (χ4v) is 4.84. The van der Waals surface area contributed by atoms with E-state index in [9.17, 15) is 24.5 Å². The molecule has 0 fully saturated rings. The van der Waals surface area contributed by atoms with Crippen molar-refractivity contribution in [3.8, 4) is 0 Å². The Morgan fingerprint density at radius 1 is 1.43 bits per heavy atom. The van der Waals surface area contributed by atoms with Crippen LogP contribution in [0.4, 0.5) is 10.7 Å². The normalized spacial score (nSPS) is 15.7. The summed E-state index contributed by atoms with van der Waals surface area (Å²) in [5.74, 6) is -0.674.